The molecule has 1 aromatic rings. The number of carbonyl (C=O) groups excluding carboxylic acids is 1. The molecule has 0 heterocycles. The van der Waals surface area contributed by atoms with E-state index in [1.54, 1.807) is 11.0 Å². The number of carboxylic acids is 1. The van der Waals surface area contributed by atoms with Gasteiger partial charge < -0.3 is 15.1 Å². The van der Waals surface area contributed by atoms with E-state index in [-0.39, 0.29) is 24.5 Å². The second-order valence-corrected chi connectivity index (χ2v) is 9.45. The molecule has 5 nitrogen and oxygen atoms in total. The molecule has 1 atom stereocenters. The lowest BCUT2D eigenvalue weighted by Crippen LogP contribution is -2.32. The zero-order valence-electron chi connectivity index (χ0n) is 20.9. The van der Waals surface area contributed by atoms with Crippen LogP contribution in [0.5, 0.6) is 0 Å². The Morgan fingerprint density at radius 2 is 1.79 bits per heavy atom. The predicted molar refractivity (Wildman–Crippen MR) is 139 cm³/mol. The van der Waals surface area contributed by atoms with Gasteiger partial charge in [-0.05, 0) is 62.3 Å². The Hall–Kier alpha value is -3.18. The van der Waals surface area contributed by atoms with Gasteiger partial charge in [0.15, 0.2) is 0 Å². The normalized spacial score (nSPS) is 19.2. The number of hydrogen-bond acceptors (Lipinski definition) is 3. The van der Waals surface area contributed by atoms with Crippen LogP contribution in [0.15, 0.2) is 89.1 Å². The average molecular weight is 464 g/mol. The highest BCUT2D eigenvalue weighted by Gasteiger charge is 2.34. The summed E-state index contributed by atoms with van der Waals surface area (Å²) < 4.78 is 0. The molecule has 1 unspecified atom stereocenters. The molecule has 1 aliphatic carbocycles. The minimum atomic E-state index is -0.754. The van der Waals surface area contributed by atoms with Gasteiger partial charge in [0.1, 0.15) is 0 Å². The molecule has 0 fully saturated rings. The summed E-state index contributed by atoms with van der Waals surface area (Å²) in [6, 6.07) is 9.29. The van der Waals surface area contributed by atoms with Crippen molar-refractivity contribution in [3.8, 4) is 0 Å². The largest absolute Gasteiger partial charge is 0.481 e. The van der Waals surface area contributed by atoms with Gasteiger partial charge in [-0.25, -0.2) is 0 Å². The van der Waals surface area contributed by atoms with Crippen molar-refractivity contribution in [1.29, 1.82) is 0 Å². The lowest BCUT2D eigenvalue weighted by Gasteiger charge is -2.35. The molecule has 0 aromatic heterocycles. The number of hydrogen-bond donors (Lipinski definition) is 2. The summed E-state index contributed by atoms with van der Waals surface area (Å²) in [6.07, 6.45) is 12.9. The molecule has 1 amide bonds. The van der Waals surface area contributed by atoms with Crippen molar-refractivity contribution < 1.29 is 19.8 Å². The number of aliphatic hydroxyl groups is 1. The van der Waals surface area contributed by atoms with E-state index >= 15 is 0 Å². The molecule has 0 radical (unpaired) electrons. The van der Waals surface area contributed by atoms with Gasteiger partial charge in [-0.1, -0.05) is 73.6 Å². The maximum Gasteiger partial charge on any atom is 0.310 e. The predicted octanol–water partition coefficient (Wildman–Crippen LogP) is 5.85. The minimum absolute atomic E-state index is 0.0540. The molecule has 2 rings (SSSR count). The number of benzene rings is 1. The summed E-state index contributed by atoms with van der Waals surface area (Å²) in [5.41, 5.74) is 4.54. The van der Waals surface area contributed by atoms with Gasteiger partial charge >= 0.3 is 5.97 Å². The van der Waals surface area contributed by atoms with Gasteiger partial charge in [0.25, 0.3) is 5.91 Å². The Morgan fingerprint density at radius 3 is 2.41 bits per heavy atom. The molecule has 0 bridgehead atoms. The van der Waals surface area contributed by atoms with Crippen LogP contribution >= 0.6 is 0 Å². The molecular weight excluding hydrogens is 426 g/mol. The Bertz CT molecular complexity index is 1030. The summed E-state index contributed by atoms with van der Waals surface area (Å²) in [7, 11) is 0. The van der Waals surface area contributed by atoms with Crippen molar-refractivity contribution in [3.63, 3.8) is 0 Å². The lowest BCUT2D eigenvalue weighted by molar-refractivity contribution is -0.141. The monoisotopic (exact) mass is 463 g/mol. The highest BCUT2D eigenvalue weighted by atomic mass is 16.4. The molecule has 182 valence electrons. The van der Waals surface area contributed by atoms with Crippen LogP contribution in [0, 0.1) is 11.3 Å². The van der Waals surface area contributed by atoms with Gasteiger partial charge in [0.2, 0.25) is 0 Å². The van der Waals surface area contributed by atoms with E-state index in [9.17, 15) is 19.8 Å². The summed E-state index contributed by atoms with van der Waals surface area (Å²) in [5, 5.41) is 18.9. The standard InChI is InChI=1S/C29H37NO4/c1-21(14-15-26-23(3)25(28(33)34)16-17-29(26,4)5)10-9-11-22(2)20-27(32)30(18-19-31)24-12-7-6-8-13-24/h6-15,20,25,31H,16-19H2,1-5H3,(H,33,34). The van der Waals surface area contributed by atoms with E-state index in [0.29, 0.717) is 6.42 Å². The number of carboxylic acid groups (broad SMARTS) is 1. The molecule has 0 aliphatic heterocycles. The van der Waals surface area contributed by atoms with Crippen LogP contribution in [0.2, 0.25) is 0 Å². The minimum Gasteiger partial charge on any atom is -0.481 e. The zero-order valence-corrected chi connectivity index (χ0v) is 20.9. The third-order valence-electron chi connectivity index (χ3n) is 6.27. The number of nitrogens with zero attached hydrogens (tertiary/aromatic N) is 1. The summed E-state index contributed by atoms with van der Waals surface area (Å²) in [5.74, 6) is -1.35. The summed E-state index contributed by atoms with van der Waals surface area (Å²) >= 11 is 0. The maximum absolute atomic E-state index is 12.7. The van der Waals surface area contributed by atoms with Crippen LogP contribution in [-0.2, 0) is 9.59 Å². The van der Waals surface area contributed by atoms with Crippen molar-refractivity contribution in [2.24, 2.45) is 11.3 Å². The Labute approximate surface area is 203 Å². The van der Waals surface area contributed by atoms with Crippen LogP contribution < -0.4 is 4.90 Å². The second kappa shape index (κ2) is 12.3. The first-order valence-electron chi connectivity index (χ1n) is 11.7. The van der Waals surface area contributed by atoms with E-state index in [0.717, 1.165) is 34.4 Å². The third kappa shape index (κ3) is 7.42. The number of rotatable bonds is 9. The molecule has 0 saturated carbocycles. The zero-order chi connectivity index (χ0) is 25.3. The Kier molecular flexibility index (Phi) is 9.82. The van der Waals surface area contributed by atoms with Crippen LogP contribution in [0.4, 0.5) is 5.69 Å². The van der Waals surface area contributed by atoms with E-state index in [1.807, 2.05) is 81.5 Å². The van der Waals surface area contributed by atoms with Gasteiger partial charge in [-0.2, -0.15) is 0 Å². The van der Waals surface area contributed by atoms with Crippen molar-refractivity contribution >= 4 is 17.6 Å². The Morgan fingerprint density at radius 1 is 1.12 bits per heavy atom. The van der Waals surface area contributed by atoms with Crippen LogP contribution in [-0.4, -0.2) is 35.2 Å². The fourth-order valence-electron chi connectivity index (χ4n) is 4.26. The number of aliphatic carboxylic acids is 1. The van der Waals surface area contributed by atoms with Gasteiger partial charge in [-0.3, -0.25) is 9.59 Å². The lowest BCUT2D eigenvalue weighted by atomic mass is 9.69. The Balaban J connectivity index is 2.12. The highest BCUT2D eigenvalue weighted by Crippen LogP contribution is 2.43. The third-order valence-corrected chi connectivity index (χ3v) is 6.27. The SMILES string of the molecule is CC(C=CC1=C(C)C(C(=O)O)CCC1(C)C)=CC=CC(C)=CC(=O)N(CCO)c1ccccc1. The van der Waals surface area contributed by atoms with Crippen molar-refractivity contribution in [1.82, 2.24) is 0 Å². The molecule has 34 heavy (non-hydrogen) atoms. The van der Waals surface area contributed by atoms with E-state index in [2.05, 4.69) is 13.8 Å². The highest BCUT2D eigenvalue weighted by molar-refractivity contribution is 6.02. The van der Waals surface area contributed by atoms with Crippen LogP contribution in [0.1, 0.15) is 47.5 Å². The molecule has 2 N–H and O–H groups in total. The first kappa shape index (κ1) is 27.1. The number of allylic oxidation sites excluding steroid dienone is 8. The maximum atomic E-state index is 12.7. The number of aliphatic hydroxyl groups excluding tert-OH is 1. The number of amides is 1. The first-order chi connectivity index (χ1) is 16.1. The summed E-state index contributed by atoms with van der Waals surface area (Å²) in [6.45, 7) is 10.2. The number of para-hydroxylation sites is 1. The van der Waals surface area contributed by atoms with Crippen LogP contribution in [0.3, 0.4) is 0 Å². The van der Waals surface area contributed by atoms with Gasteiger partial charge in [-0.15, -0.1) is 0 Å². The summed E-state index contributed by atoms with van der Waals surface area (Å²) in [4.78, 5) is 25.8. The van der Waals surface area contributed by atoms with Crippen molar-refractivity contribution in [2.75, 3.05) is 18.1 Å². The molecular formula is C29H37NO4. The van der Waals surface area contributed by atoms with E-state index in [1.165, 1.54) is 0 Å². The van der Waals surface area contributed by atoms with Gasteiger partial charge in [0, 0.05) is 18.3 Å². The molecule has 0 saturated heterocycles. The van der Waals surface area contributed by atoms with Gasteiger partial charge in [0.05, 0.1) is 12.5 Å². The quantitative estimate of drug-likeness (QED) is 0.355. The number of carbonyl (C=O) groups is 2. The average Bonchev–Trinajstić information content (AvgIpc) is 2.77. The van der Waals surface area contributed by atoms with Crippen molar-refractivity contribution in [2.45, 2.75) is 47.5 Å². The topological polar surface area (TPSA) is 77.8 Å². The molecule has 5 heteroatoms. The molecule has 0 spiro atoms. The molecule has 1 aromatic carbocycles. The fourth-order valence-corrected chi connectivity index (χ4v) is 4.26. The smallest absolute Gasteiger partial charge is 0.310 e. The van der Waals surface area contributed by atoms with Crippen LogP contribution in [0.25, 0.3) is 0 Å². The fraction of sp³-hybridized carbons (Fsp3) is 0.379. The van der Waals surface area contributed by atoms with Crippen molar-refractivity contribution in [3.05, 3.63) is 89.1 Å². The molecule has 1 aliphatic rings. The number of anilines is 1. The van der Waals surface area contributed by atoms with E-state index in [4.69, 9.17) is 0 Å². The second-order valence-electron chi connectivity index (χ2n) is 9.45. The van der Waals surface area contributed by atoms with E-state index < -0.39 is 11.9 Å². The first-order valence-corrected chi connectivity index (χ1v) is 11.7.